The minimum atomic E-state index is -0.235. The van der Waals surface area contributed by atoms with Crippen molar-refractivity contribution in [3.63, 3.8) is 0 Å². The van der Waals surface area contributed by atoms with E-state index in [1.54, 1.807) is 30.6 Å². The van der Waals surface area contributed by atoms with Crippen molar-refractivity contribution >= 4 is 22.2 Å². The number of aryl methyl sites for hydroxylation is 1. The summed E-state index contributed by atoms with van der Waals surface area (Å²) in [4.78, 5) is 16.3. The van der Waals surface area contributed by atoms with Crippen LogP contribution in [0.1, 0.15) is 39.5 Å². The van der Waals surface area contributed by atoms with E-state index in [4.69, 9.17) is 13.9 Å². The first-order valence-electron chi connectivity index (χ1n) is 10.1. The first-order chi connectivity index (χ1) is 14.7. The minimum absolute atomic E-state index is 0.0169. The Kier molecular flexibility index (Phi) is 6.52. The Morgan fingerprint density at radius 2 is 2.00 bits per heavy atom. The van der Waals surface area contributed by atoms with Crippen LogP contribution < -0.4 is 10.1 Å². The Morgan fingerprint density at radius 3 is 2.63 bits per heavy atom. The molecule has 1 fully saturated rings. The zero-order valence-electron chi connectivity index (χ0n) is 17.2. The van der Waals surface area contributed by atoms with Gasteiger partial charge in [0.15, 0.2) is 5.76 Å². The molecule has 4 rings (SSSR count). The van der Waals surface area contributed by atoms with Crippen LogP contribution in [0.25, 0.3) is 0 Å². The number of furan rings is 1. The molecule has 0 saturated carbocycles. The Bertz CT molecular complexity index is 960. The molecule has 158 valence electrons. The third kappa shape index (κ3) is 4.43. The number of carbonyl (C=O) groups is 1. The fourth-order valence-electron chi connectivity index (χ4n) is 3.71. The summed E-state index contributed by atoms with van der Waals surface area (Å²) in [6, 6.07) is 13.8. The maximum Gasteiger partial charge on any atom is 0.291 e. The van der Waals surface area contributed by atoms with Gasteiger partial charge < -0.3 is 19.2 Å². The third-order valence-corrected chi connectivity index (χ3v) is 6.48. The SMILES string of the molecule is CCc1cc(C(c2ccc(OC)cc2)N2CCOCC2)c(NC(=O)c2ccco2)s1. The van der Waals surface area contributed by atoms with E-state index in [2.05, 4.69) is 35.3 Å². The summed E-state index contributed by atoms with van der Waals surface area (Å²) in [5.74, 6) is 0.895. The van der Waals surface area contributed by atoms with E-state index in [1.165, 1.54) is 11.1 Å². The number of amides is 1. The summed E-state index contributed by atoms with van der Waals surface area (Å²) in [6.45, 7) is 5.20. The van der Waals surface area contributed by atoms with Crippen molar-refractivity contribution in [2.75, 3.05) is 38.7 Å². The van der Waals surface area contributed by atoms with Crippen LogP contribution in [0, 0.1) is 0 Å². The molecule has 1 aliphatic heterocycles. The number of rotatable bonds is 7. The normalized spacial score (nSPS) is 15.7. The predicted octanol–water partition coefficient (Wildman–Crippen LogP) is 4.59. The van der Waals surface area contributed by atoms with Crippen LogP contribution in [0.3, 0.4) is 0 Å². The van der Waals surface area contributed by atoms with Crippen molar-refractivity contribution in [1.82, 2.24) is 4.90 Å². The van der Waals surface area contributed by atoms with E-state index in [9.17, 15) is 4.79 Å². The Balaban J connectivity index is 1.73. The second-order valence-corrected chi connectivity index (χ2v) is 8.24. The monoisotopic (exact) mass is 426 g/mol. The quantitative estimate of drug-likeness (QED) is 0.599. The lowest BCUT2D eigenvalue weighted by Gasteiger charge is -2.35. The first kappa shape index (κ1) is 20.7. The van der Waals surface area contributed by atoms with Crippen molar-refractivity contribution < 1.29 is 18.7 Å². The molecule has 2 aromatic heterocycles. The molecular formula is C23H26N2O4S. The number of thiophene rings is 1. The van der Waals surface area contributed by atoms with Crippen molar-refractivity contribution in [2.45, 2.75) is 19.4 Å². The number of benzene rings is 1. The number of hydrogen-bond donors (Lipinski definition) is 1. The molecule has 6 nitrogen and oxygen atoms in total. The van der Waals surface area contributed by atoms with Crippen LogP contribution in [-0.4, -0.2) is 44.2 Å². The molecule has 1 amide bonds. The van der Waals surface area contributed by atoms with Crippen molar-refractivity contribution in [3.05, 3.63) is 70.5 Å². The van der Waals surface area contributed by atoms with Gasteiger partial charge in [-0.05, 0) is 42.3 Å². The molecule has 3 heterocycles. The summed E-state index contributed by atoms with van der Waals surface area (Å²) in [5, 5.41) is 3.94. The number of anilines is 1. The first-order valence-corrected chi connectivity index (χ1v) is 10.9. The van der Waals surface area contributed by atoms with Crippen molar-refractivity contribution in [1.29, 1.82) is 0 Å². The van der Waals surface area contributed by atoms with Gasteiger partial charge in [-0.1, -0.05) is 19.1 Å². The van der Waals surface area contributed by atoms with E-state index in [0.29, 0.717) is 19.0 Å². The summed E-state index contributed by atoms with van der Waals surface area (Å²) >= 11 is 1.62. The number of carbonyl (C=O) groups excluding carboxylic acids is 1. The average molecular weight is 427 g/mol. The maximum absolute atomic E-state index is 12.7. The van der Waals surface area contributed by atoms with Crippen molar-refractivity contribution in [2.24, 2.45) is 0 Å². The zero-order chi connectivity index (χ0) is 20.9. The van der Waals surface area contributed by atoms with Gasteiger partial charge in [0.05, 0.1) is 32.6 Å². The third-order valence-electron chi connectivity index (χ3n) is 5.27. The molecule has 1 saturated heterocycles. The number of nitrogens with one attached hydrogen (secondary N) is 1. The molecule has 7 heteroatoms. The summed E-state index contributed by atoms with van der Waals surface area (Å²) < 4.78 is 16.2. The van der Waals surface area contributed by atoms with E-state index < -0.39 is 0 Å². The zero-order valence-corrected chi connectivity index (χ0v) is 18.0. The van der Waals surface area contributed by atoms with Gasteiger partial charge in [0.1, 0.15) is 10.8 Å². The number of nitrogens with zero attached hydrogens (tertiary/aromatic N) is 1. The molecule has 1 N–H and O–H groups in total. The molecule has 1 unspecified atom stereocenters. The molecular weight excluding hydrogens is 400 g/mol. The van der Waals surface area contributed by atoms with Crippen molar-refractivity contribution in [3.8, 4) is 5.75 Å². The van der Waals surface area contributed by atoms with Crippen LogP contribution in [0.15, 0.2) is 53.1 Å². The van der Waals surface area contributed by atoms with E-state index in [0.717, 1.165) is 41.4 Å². The number of morpholine rings is 1. The second-order valence-electron chi connectivity index (χ2n) is 7.11. The molecule has 1 atom stereocenters. The Morgan fingerprint density at radius 1 is 1.23 bits per heavy atom. The van der Waals surface area contributed by atoms with E-state index in [1.807, 2.05) is 12.1 Å². The lowest BCUT2D eigenvalue weighted by Crippen LogP contribution is -2.39. The molecule has 1 aromatic carbocycles. The fourth-order valence-corrected chi connectivity index (χ4v) is 4.74. The van der Waals surface area contributed by atoms with E-state index >= 15 is 0 Å². The van der Waals surface area contributed by atoms with Gasteiger partial charge in [0.2, 0.25) is 0 Å². The van der Waals surface area contributed by atoms with Gasteiger partial charge >= 0.3 is 0 Å². The summed E-state index contributed by atoms with van der Waals surface area (Å²) in [6.07, 6.45) is 2.42. The molecule has 1 aliphatic rings. The highest BCUT2D eigenvalue weighted by molar-refractivity contribution is 7.16. The number of hydrogen-bond acceptors (Lipinski definition) is 6. The highest BCUT2D eigenvalue weighted by atomic mass is 32.1. The molecule has 0 bridgehead atoms. The molecule has 0 spiro atoms. The molecule has 0 aliphatic carbocycles. The van der Waals surface area contributed by atoms with Crippen LogP contribution in [0.5, 0.6) is 5.75 Å². The van der Waals surface area contributed by atoms with Gasteiger partial charge in [0.25, 0.3) is 5.91 Å². The largest absolute Gasteiger partial charge is 0.497 e. The highest BCUT2D eigenvalue weighted by Gasteiger charge is 2.29. The summed E-state index contributed by atoms with van der Waals surface area (Å²) in [5.41, 5.74) is 2.26. The van der Waals surface area contributed by atoms with Gasteiger partial charge in [-0.25, -0.2) is 0 Å². The lowest BCUT2D eigenvalue weighted by atomic mass is 9.97. The average Bonchev–Trinajstić information content (AvgIpc) is 3.46. The fraction of sp³-hybridized carbons (Fsp3) is 0.348. The molecule has 3 aromatic rings. The van der Waals surface area contributed by atoms with Crippen LogP contribution in [0.2, 0.25) is 0 Å². The van der Waals surface area contributed by atoms with Crippen LogP contribution in [0.4, 0.5) is 5.00 Å². The number of methoxy groups -OCH3 is 1. The highest BCUT2D eigenvalue weighted by Crippen LogP contribution is 2.40. The topological polar surface area (TPSA) is 63.9 Å². The lowest BCUT2D eigenvalue weighted by molar-refractivity contribution is 0.0241. The Labute approximate surface area is 180 Å². The second kappa shape index (κ2) is 9.47. The van der Waals surface area contributed by atoms with Gasteiger partial charge in [0, 0.05) is 23.5 Å². The van der Waals surface area contributed by atoms with Gasteiger partial charge in [-0.15, -0.1) is 11.3 Å². The molecule has 0 radical (unpaired) electrons. The van der Waals surface area contributed by atoms with Crippen LogP contribution >= 0.6 is 11.3 Å². The standard InChI is InChI=1S/C23H26N2O4S/c1-3-18-15-19(23(30-18)24-22(26)20-5-4-12-29-20)21(25-10-13-28-14-11-25)16-6-8-17(27-2)9-7-16/h4-9,12,15,21H,3,10-11,13-14H2,1-2H3,(H,24,26). The van der Waals surface area contributed by atoms with Gasteiger partial charge in [-0.2, -0.15) is 0 Å². The Hall–Kier alpha value is -2.61. The van der Waals surface area contributed by atoms with E-state index in [-0.39, 0.29) is 11.9 Å². The number of ether oxygens (including phenoxy) is 2. The van der Waals surface area contributed by atoms with Gasteiger partial charge in [-0.3, -0.25) is 9.69 Å². The smallest absolute Gasteiger partial charge is 0.291 e. The minimum Gasteiger partial charge on any atom is -0.497 e. The summed E-state index contributed by atoms with van der Waals surface area (Å²) in [7, 11) is 1.67. The van der Waals surface area contributed by atoms with Crippen LogP contribution in [-0.2, 0) is 11.2 Å². The molecule has 30 heavy (non-hydrogen) atoms. The predicted molar refractivity (Wildman–Crippen MR) is 118 cm³/mol. The maximum atomic E-state index is 12.7.